The summed E-state index contributed by atoms with van der Waals surface area (Å²) in [5.74, 6) is -0.875. The van der Waals surface area contributed by atoms with Crippen LogP contribution in [0.4, 0.5) is 0 Å². The topological polar surface area (TPSA) is 134 Å². The Morgan fingerprint density at radius 3 is 1.49 bits per heavy atom. The Morgan fingerprint density at radius 1 is 0.545 bits per heavy atom. The van der Waals surface area contributed by atoms with Crippen LogP contribution < -0.4 is 5.73 Å². The molecule has 0 radical (unpaired) electrons. The Balaban J connectivity index is 4.19. The lowest BCUT2D eigenvalue weighted by Gasteiger charge is -2.19. The second kappa shape index (κ2) is 41.6. The molecule has 0 aromatic heterocycles. The maximum atomic E-state index is 12.6. The molecule has 0 spiro atoms. The summed E-state index contributed by atoms with van der Waals surface area (Å²) >= 11 is 0. The van der Waals surface area contributed by atoms with Gasteiger partial charge in [0.1, 0.15) is 6.61 Å². The maximum absolute atomic E-state index is 12.6. The molecule has 0 heterocycles. The van der Waals surface area contributed by atoms with Gasteiger partial charge in [0.25, 0.3) is 0 Å². The van der Waals surface area contributed by atoms with Gasteiger partial charge in [-0.25, -0.2) is 4.57 Å². The van der Waals surface area contributed by atoms with Gasteiger partial charge in [-0.3, -0.25) is 18.6 Å². The molecule has 0 aliphatic rings. The Hall–Kier alpha value is -2.03. The fraction of sp³-hybridized carbons (Fsp3) is 0.778. The van der Waals surface area contributed by atoms with Crippen molar-refractivity contribution in [1.29, 1.82) is 0 Å². The van der Waals surface area contributed by atoms with Gasteiger partial charge in [-0.1, -0.05) is 152 Å². The van der Waals surface area contributed by atoms with E-state index in [1.807, 2.05) is 0 Å². The van der Waals surface area contributed by atoms with Crippen LogP contribution in [0.25, 0.3) is 0 Å². The van der Waals surface area contributed by atoms with E-state index in [1.54, 1.807) is 0 Å². The number of hydrogen-bond donors (Lipinski definition) is 2. The molecule has 0 bridgehead atoms. The predicted octanol–water partition coefficient (Wildman–Crippen LogP) is 12.7. The maximum Gasteiger partial charge on any atom is 0.472 e. The monoisotopic (exact) mass is 796 g/mol. The van der Waals surface area contributed by atoms with Crippen LogP contribution in [0.15, 0.2) is 48.6 Å². The summed E-state index contributed by atoms with van der Waals surface area (Å²) in [6.45, 7) is 3.66. The van der Waals surface area contributed by atoms with E-state index in [4.69, 9.17) is 24.3 Å². The summed E-state index contributed by atoms with van der Waals surface area (Å²) in [7, 11) is -4.39. The van der Waals surface area contributed by atoms with Gasteiger partial charge in [-0.05, 0) is 77.0 Å². The summed E-state index contributed by atoms with van der Waals surface area (Å²) in [6, 6.07) is 0. The van der Waals surface area contributed by atoms with Crippen molar-refractivity contribution >= 4 is 19.8 Å². The SMILES string of the molecule is CCCCC/C=C/C/C=C/C/C=C/CCCCC(=O)OC[C@H](COP(=O)(O)OCCN)OC(=O)CCCCCCCCCCC/C=C/CCCCCCCC. The van der Waals surface area contributed by atoms with Crippen molar-refractivity contribution in [2.75, 3.05) is 26.4 Å². The van der Waals surface area contributed by atoms with Crippen molar-refractivity contribution in [2.45, 2.75) is 200 Å². The number of carbonyl (C=O) groups excluding carboxylic acids is 2. The van der Waals surface area contributed by atoms with Crippen molar-refractivity contribution in [3.05, 3.63) is 48.6 Å². The van der Waals surface area contributed by atoms with E-state index in [2.05, 4.69) is 62.5 Å². The summed E-state index contributed by atoms with van der Waals surface area (Å²) in [4.78, 5) is 34.9. The third kappa shape index (κ3) is 41.4. The highest BCUT2D eigenvalue weighted by atomic mass is 31.2. The van der Waals surface area contributed by atoms with Crippen LogP contribution in [-0.4, -0.2) is 49.3 Å². The molecule has 0 aliphatic carbocycles. The zero-order valence-electron chi connectivity index (χ0n) is 35.2. The minimum Gasteiger partial charge on any atom is -0.462 e. The molecule has 2 atom stereocenters. The van der Waals surface area contributed by atoms with E-state index in [-0.39, 0.29) is 32.6 Å². The van der Waals surface area contributed by atoms with Crippen molar-refractivity contribution in [3.8, 4) is 0 Å². The quantitative estimate of drug-likeness (QED) is 0.0268. The highest BCUT2D eigenvalue weighted by Crippen LogP contribution is 2.43. The molecule has 0 aromatic rings. The standard InChI is InChI=1S/C45H82NO8P/c1-3-5-7-9-11-13-15-17-19-20-21-22-24-26-28-30-32-34-36-38-45(48)54-43(42-53-55(49,50)52-40-39-46)41-51-44(47)37-35-33-31-29-27-25-23-18-16-14-12-10-8-6-4-2/h12,14,17-19,23,27,29,43H,3-11,13,15-16,20-22,24-26,28,30-42,46H2,1-2H3,(H,49,50)/b14-12+,19-17+,23-18+,29-27+/t43-/m1/s1. The molecule has 0 aliphatic heterocycles. The van der Waals surface area contributed by atoms with Crippen LogP contribution in [-0.2, 0) is 32.7 Å². The van der Waals surface area contributed by atoms with Gasteiger partial charge in [0.15, 0.2) is 6.10 Å². The van der Waals surface area contributed by atoms with E-state index < -0.39 is 32.5 Å². The number of esters is 2. The van der Waals surface area contributed by atoms with Gasteiger partial charge in [0, 0.05) is 19.4 Å². The lowest BCUT2D eigenvalue weighted by atomic mass is 10.1. The lowest BCUT2D eigenvalue weighted by Crippen LogP contribution is -2.29. The van der Waals surface area contributed by atoms with Crippen LogP contribution in [0, 0.1) is 0 Å². The zero-order chi connectivity index (χ0) is 40.3. The van der Waals surface area contributed by atoms with Gasteiger partial charge >= 0.3 is 19.8 Å². The fourth-order valence-electron chi connectivity index (χ4n) is 5.87. The van der Waals surface area contributed by atoms with Crippen LogP contribution in [0.5, 0.6) is 0 Å². The second-order valence-corrected chi connectivity index (χ2v) is 16.0. The molecule has 3 N–H and O–H groups in total. The summed E-state index contributed by atoms with van der Waals surface area (Å²) in [5.41, 5.74) is 5.35. The normalized spacial score (nSPS) is 13.7. The van der Waals surface area contributed by atoms with Gasteiger partial charge in [0.2, 0.25) is 0 Å². The third-order valence-corrected chi connectivity index (χ3v) is 10.2. The molecule has 0 aromatic carbocycles. The average Bonchev–Trinajstić information content (AvgIpc) is 3.17. The molecular weight excluding hydrogens is 713 g/mol. The summed E-state index contributed by atoms with van der Waals surface area (Å²) < 4.78 is 32.7. The molecule has 0 amide bonds. The minimum absolute atomic E-state index is 0.0468. The second-order valence-electron chi connectivity index (χ2n) is 14.6. The summed E-state index contributed by atoms with van der Waals surface area (Å²) in [6.07, 6.45) is 47.1. The van der Waals surface area contributed by atoms with E-state index in [0.29, 0.717) is 12.8 Å². The Morgan fingerprint density at radius 2 is 0.945 bits per heavy atom. The van der Waals surface area contributed by atoms with Crippen LogP contribution in [0.3, 0.4) is 0 Å². The Labute approximate surface area is 336 Å². The van der Waals surface area contributed by atoms with Crippen molar-refractivity contribution < 1.29 is 37.6 Å². The molecule has 0 rings (SSSR count). The number of nitrogens with two attached hydrogens (primary N) is 1. The van der Waals surface area contributed by atoms with Crippen molar-refractivity contribution in [2.24, 2.45) is 5.73 Å². The smallest absolute Gasteiger partial charge is 0.462 e. The highest BCUT2D eigenvalue weighted by Gasteiger charge is 2.26. The number of carbonyl (C=O) groups is 2. The van der Waals surface area contributed by atoms with E-state index >= 15 is 0 Å². The van der Waals surface area contributed by atoms with Crippen LogP contribution in [0.1, 0.15) is 194 Å². The predicted molar refractivity (Wildman–Crippen MR) is 229 cm³/mol. The molecule has 55 heavy (non-hydrogen) atoms. The minimum atomic E-state index is -4.39. The van der Waals surface area contributed by atoms with E-state index in [9.17, 15) is 19.0 Å². The molecular formula is C45H82NO8P. The number of unbranched alkanes of at least 4 members (excludes halogenated alkanes) is 20. The summed E-state index contributed by atoms with van der Waals surface area (Å²) in [5, 5.41) is 0. The first-order chi connectivity index (χ1) is 26.8. The number of allylic oxidation sites excluding steroid dienone is 8. The largest absolute Gasteiger partial charge is 0.472 e. The number of ether oxygens (including phenoxy) is 2. The Bertz CT molecular complexity index is 1040. The van der Waals surface area contributed by atoms with Crippen molar-refractivity contribution in [3.63, 3.8) is 0 Å². The first kappa shape index (κ1) is 53.0. The van der Waals surface area contributed by atoms with Gasteiger partial charge in [0.05, 0.1) is 13.2 Å². The first-order valence-corrected chi connectivity index (χ1v) is 23.6. The lowest BCUT2D eigenvalue weighted by molar-refractivity contribution is -0.161. The number of hydrogen-bond acceptors (Lipinski definition) is 8. The zero-order valence-corrected chi connectivity index (χ0v) is 36.0. The highest BCUT2D eigenvalue weighted by molar-refractivity contribution is 7.47. The van der Waals surface area contributed by atoms with E-state index in [0.717, 1.165) is 51.4 Å². The van der Waals surface area contributed by atoms with Gasteiger partial charge in [-0.2, -0.15) is 0 Å². The molecule has 320 valence electrons. The van der Waals surface area contributed by atoms with E-state index in [1.165, 1.54) is 103 Å². The van der Waals surface area contributed by atoms with Gasteiger partial charge in [-0.15, -0.1) is 0 Å². The average molecular weight is 796 g/mol. The van der Waals surface area contributed by atoms with Gasteiger partial charge < -0.3 is 20.1 Å². The molecule has 0 saturated heterocycles. The number of phosphoric ester groups is 1. The Kier molecular flexibility index (Phi) is 40.1. The first-order valence-electron chi connectivity index (χ1n) is 22.1. The molecule has 9 nitrogen and oxygen atoms in total. The molecule has 0 saturated carbocycles. The molecule has 1 unspecified atom stereocenters. The van der Waals surface area contributed by atoms with Crippen LogP contribution in [0.2, 0.25) is 0 Å². The third-order valence-electron chi connectivity index (χ3n) is 9.19. The number of rotatable bonds is 41. The molecule has 0 fully saturated rings. The fourth-order valence-corrected chi connectivity index (χ4v) is 6.64. The van der Waals surface area contributed by atoms with Crippen LogP contribution >= 0.6 is 7.82 Å². The van der Waals surface area contributed by atoms with Crippen molar-refractivity contribution in [1.82, 2.24) is 0 Å². The molecule has 10 heteroatoms. The number of phosphoric acid groups is 1.